The second kappa shape index (κ2) is 5.97. The lowest BCUT2D eigenvalue weighted by Gasteiger charge is -2.29. The van der Waals surface area contributed by atoms with Crippen LogP contribution in [-0.2, 0) is 15.1 Å². The van der Waals surface area contributed by atoms with Crippen LogP contribution in [0.15, 0.2) is 54.6 Å². The molecule has 1 N–H and O–H groups in total. The molecule has 0 fully saturated rings. The molecule has 0 radical (unpaired) electrons. The first kappa shape index (κ1) is 14.4. The molecule has 0 amide bonds. The molecule has 0 saturated heterocycles. The van der Waals surface area contributed by atoms with Gasteiger partial charge in [0.1, 0.15) is 0 Å². The molecule has 20 heavy (non-hydrogen) atoms. The van der Waals surface area contributed by atoms with Crippen molar-refractivity contribution in [3.05, 3.63) is 65.2 Å². The smallest absolute Gasteiger partial charge is 0.335 e. The molecule has 2 aromatic rings. The summed E-state index contributed by atoms with van der Waals surface area (Å²) in [5.74, 6) is -0.372. The number of carbonyl (C=O) groups excluding carboxylic acids is 1. The molecule has 0 aliphatic heterocycles. The summed E-state index contributed by atoms with van der Waals surface area (Å²) < 4.78 is 4.94. The number of anilines is 1. The summed E-state index contributed by atoms with van der Waals surface area (Å²) in [6, 6.07) is 16.7. The first-order valence-electron chi connectivity index (χ1n) is 6.24. The number of benzene rings is 2. The predicted molar refractivity (Wildman–Crippen MR) is 80.9 cm³/mol. The van der Waals surface area contributed by atoms with Crippen molar-refractivity contribution in [1.29, 1.82) is 0 Å². The van der Waals surface area contributed by atoms with E-state index in [2.05, 4.69) is 5.32 Å². The molecule has 3 nitrogen and oxygen atoms in total. The fourth-order valence-electron chi connectivity index (χ4n) is 2.05. The summed E-state index contributed by atoms with van der Waals surface area (Å²) in [5, 5.41) is 3.79. The van der Waals surface area contributed by atoms with Gasteiger partial charge in [0.15, 0.2) is 5.54 Å². The number of carbonyl (C=O) groups is 1. The number of hydrogen-bond acceptors (Lipinski definition) is 3. The molecule has 104 valence electrons. The highest BCUT2D eigenvalue weighted by Crippen LogP contribution is 2.29. The highest BCUT2D eigenvalue weighted by molar-refractivity contribution is 6.30. The third-order valence-corrected chi connectivity index (χ3v) is 3.40. The molecule has 0 saturated carbocycles. The molecule has 2 aromatic carbocycles. The second-order valence-corrected chi connectivity index (χ2v) is 5.05. The molecule has 0 aliphatic carbocycles. The zero-order valence-corrected chi connectivity index (χ0v) is 12.1. The first-order chi connectivity index (χ1) is 9.56. The quantitative estimate of drug-likeness (QED) is 0.869. The first-order valence-corrected chi connectivity index (χ1v) is 6.62. The van der Waals surface area contributed by atoms with E-state index in [9.17, 15) is 4.79 Å². The summed E-state index contributed by atoms with van der Waals surface area (Å²) in [5.41, 5.74) is 0.585. The SMILES string of the molecule is COC(=O)C(C)(Nc1ccccc1)c1cccc(Cl)c1. The van der Waals surface area contributed by atoms with Gasteiger partial charge in [-0.05, 0) is 36.8 Å². The standard InChI is InChI=1S/C16H16ClNO2/c1-16(15(19)20-2,12-7-6-8-13(17)11-12)18-14-9-4-3-5-10-14/h3-11,18H,1-2H3. The Balaban J connectivity index is 2.43. The van der Waals surface area contributed by atoms with Gasteiger partial charge in [-0.25, -0.2) is 4.79 Å². The van der Waals surface area contributed by atoms with Gasteiger partial charge in [-0.3, -0.25) is 0 Å². The van der Waals surface area contributed by atoms with Gasteiger partial charge in [0.25, 0.3) is 0 Å². The van der Waals surface area contributed by atoms with Crippen LogP contribution in [-0.4, -0.2) is 13.1 Å². The number of methoxy groups -OCH3 is 1. The second-order valence-electron chi connectivity index (χ2n) is 4.62. The third kappa shape index (κ3) is 2.94. The lowest BCUT2D eigenvalue weighted by Crippen LogP contribution is -2.41. The number of para-hydroxylation sites is 1. The molecule has 4 heteroatoms. The summed E-state index contributed by atoms with van der Waals surface area (Å²) in [6.45, 7) is 1.78. The van der Waals surface area contributed by atoms with E-state index in [1.54, 1.807) is 19.1 Å². The van der Waals surface area contributed by atoms with Crippen molar-refractivity contribution in [2.75, 3.05) is 12.4 Å². The van der Waals surface area contributed by atoms with Crippen LogP contribution in [0.3, 0.4) is 0 Å². The Hall–Kier alpha value is -2.00. The molecule has 0 bridgehead atoms. The van der Waals surface area contributed by atoms with Gasteiger partial charge < -0.3 is 10.1 Å². The average Bonchev–Trinajstić information content (AvgIpc) is 2.47. The highest BCUT2D eigenvalue weighted by atomic mass is 35.5. The van der Waals surface area contributed by atoms with Gasteiger partial charge in [0.05, 0.1) is 7.11 Å². The number of rotatable bonds is 4. The van der Waals surface area contributed by atoms with Gasteiger partial charge in [0.2, 0.25) is 0 Å². The average molecular weight is 290 g/mol. The van der Waals surface area contributed by atoms with Crippen LogP contribution in [0.5, 0.6) is 0 Å². The van der Waals surface area contributed by atoms with Crippen LogP contribution in [0.25, 0.3) is 0 Å². The molecule has 0 aliphatic rings. The number of halogens is 1. The molecule has 2 rings (SSSR count). The van der Waals surface area contributed by atoms with E-state index in [4.69, 9.17) is 16.3 Å². The summed E-state index contributed by atoms with van der Waals surface area (Å²) in [4.78, 5) is 12.2. The fourth-order valence-corrected chi connectivity index (χ4v) is 2.25. The van der Waals surface area contributed by atoms with Crippen molar-refractivity contribution in [3.8, 4) is 0 Å². The monoisotopic (exact) mass is 289 g/mol. The molecular weight excluding hydrogens is 274 g/mol. The minimum atomic E-state index is -0.999. The van der Waals surface area contributed by atoms with Crippen molar-refractivity contribution in [3.63, 3.8) is 0 Å². The van der Waals surface area contributed by atoms with Crippen LogP contribution >= 0.6 is 11.6 Å². The van der Waals surface area contributed by atoms with Crippen LogP contribution in [0.1, 0.15) is 12.5 Å². The highest BCUT2D eigenvalue weighted by Gasteiger charge is 2.36. The van der Waals surface area contributed by atoms with Gasteiger partial charge in [-0.15, -0.1) is 0 Å². The Morgan fingerprint density at radius 1 is 1.15 bits per heavy atom. The Morgan fingerprint density at radius 2 is 1.85 bits per heavy atom. The topological polar surface area (TPSA) is 38.3 Å². The van der Waals surface area contributed by atoms with Crippen LogP contribution in [0.2, 0.25) is 5.02 Å². The lowest BCUT2D eigenvalue weighted by molar-refractivity contribution is -0.145. The zero-order chi connectivity index (χ0) is 14.6. The molecule has 0 aromatic heterocycles. The van der Waals surface area contributed by atoms with E-state index in [1.807, 2.05) is 42.5 Å². The minimum Gasteiger partial charge on any atom is -0.467 e. The van der Waals surface area contributed by atoms with E-state index in [0.29, 0.717) is 5.02 Å². The maximum Gasteiger partial charge on any atom is 0.335 e. The third-order valence-electron chi connectivity index (χ3n) is 3.16. The normalized spacial score (nSPS) is 13.3. The predicted octanol–water partition coefficient (Wildman–Crippen LogP) is 3.84. The van der Waals surface area contributed by atoms with Gasteiger partial charge in [-0.1, -0.05) is 41.9 Å². The van der Waals surface area contributed by atoms with E-state index < -0.39 is 5.54 Å². The van der Waals surface area contributed by atoms with E-state index in [-0.39, 0.29) is 5.97 Å². The Kier molecular flexibility index (Phi) is 4.30. The van der Waals surface area contributed by atoms with Crippen molar-refractivity contribution < 1.29 is 9.53 Å². The van der Waals surface area contributed by atoms with Crippen LogP contribution in [0.4, 0.5) is 5.69 Å². The van der Waals surface area contributed by atoms with Crippen LogP contribution < -0.4 is 5.32 Å². The number of ether oxygens (including phenoxy) is 1. The summed E-state index contributed by atoms with van der Waals surface area (Å²) in [6.07, 6.45) is 0. The van der Waals surface area contributed by atoms with E-state index >= 15 is 0 Å². The van der Waals surface area contributed by atoms with Crippen molar-refractivity contribution in [2.45, 2.75) is 12.5 Å². The zero-order valence-electron chi connectivity index (χ0n) is 11.4. The van der Waals surface area contributed by atoms with Gasteiger partial charge in [0, 0.05) is 10.7 Å². The van der Waals surface area contributed by atoms with Crippen molar-refractivity contribution in [2.24, 2.45) is 0 Å². The van der Waals surface area contributed by atoms with Crippen molar-refractivity contribution >= 4 is 23.3 Å². The number of esters is 1. The minimum absolute atomic E-state index is 0.372. The largest absolute Gasteiger partial charge is 0.467 e. The Labute approximate surface area is 123 Å². The lowest BCUT2D eigenvalue weighted by atomic mass is 9.91. The maximum absolute atomic E-state index is 12.2. The fraction of sp³-hybridized carbons (Fsp3) is 0.188. The van der Waals surface area contributed by atoms with Gasteiger partial charge >= 0.3 is 5.97 Å². The Bertz CT molecular complexity index is 600. The number of hydrogen-bond donors (Lipinski definition) is 1. The molecule has 0 heterocycles. The Morgan fingerprint density at radius 3 is 2.45 bits per heavy atom. The van der Waals surface area contributed by atoms with Crippen LogP contribution in [0, 0.1) is 0 Å². The molecule has 0 spiro atoms. The molecular formula is C16H16ClNO2. The van der Waals surface area contributed by atoms with E-state index in [0.717, 1.165) is 11.3 Å². The maximum atomic E-state index is 12.2. The number of nitrogens with one attached hydrogen (secondary N) is 1. The van der Waals surface area contributed by atoms with Crippen molar-refractivity contribution in [1.82, 2.24) is 0 Å². The summed E-state index contributed by atoms with van der Waals surface area (Å²) in [7, 11) is 1.37. The summed E-state index contributed by atoms with van der Waals surface area (Å²) >= 11 is 6.02. The van der Waals surface area contributed by atoms with E-state index in [1.165, 1.54) is 7.11 Å². The molecule has 1 unspecified atom stereocenters. The molecule has 1 atom stereocenters. The van der Waals surface area contributed by atoms with Gasteiger partial charge in [-0.2, -0.15) is 0 Å².